The number of nitrogens with zero attached hydrogens (tertiary/aromatic N) is 2. The fourth-order valence-corrected chi connectivity index (χ4v) is 5.13. The SMILES string of the molecule is COc1ccc2c(c1)CCC(CN1CCN(C(c3ccccc3)c3ccccc3)CC1)=C2. The lowest BCUT2D eigenvalue weighted by Crippen LogP contribution is -2.48. The highest BCUT2D eigenvalue weighted by Gasteiger charge is 2.26. The Balaban J connectivity index is 1.26. The molecule has 0 atom stereocenters. The molecule has 1 heterocycles. The second-order valence-electron chi connectivity index (χ2n) is 8.90. The topological polar surface area (TPSA) is 15.7 Å². The second-order valence-corrected chi connectivity index (χ2v) is 8.90. The van der Waals surface area contributed by atoms with Crippen LogP contribution >= 0.6 is 0 Å². The normalized spacial score (nSPS) is 17.1. The first-order valence-corrected chi connectivity index (χ1v) is 11.7. The molecule has 1 aliphatic heterocycles. The van der Waals surface area contributed by atoms with Gasteiger partial charge in [-0.05, 0) is 47.2 Å². The minimum atomic E-state index is 0.329. The number of fused-ring (bicyclic) bond motifs is 1. The molecular weight excluding hydrogens is 392 g/mol. The van der Waals surface area contributed by atoms with Crippen LogP contribution in [0.1, 0.15) is 34.7 Å². The van der Waals surface area contributed by atoms with Crippen LogP contribution in [0.3, 0.4) is 0 Å². The van der Waals surface area contributed by atoms with Crippen molar-refractivity contribution in [3.8, 4) is 5.75 Å². The number of aryl methyl sites for hydroxylation is 1. The molecule has 0 N–H and O–H groups in total. The maximum absolute atomic E-state index is 5.39. The first kappa shape index (κ1) is 21.0. The lowest BCUT2D eigenvalue weighted by Gasteiger charge is -2.40. The number of rotatable bonds is 6. The highest BCUT2D eigenvalue weighted by Crippen LogP contribution is 2.31. The molecule has 1 aliphatic carbocycles. The lowest BCUT2D eigenvalue weighted by atomic mass is 9.91. The fourth-order valence-electron chi connectivity index (χ4n) is 5.13. The van der Waals surface area contributed by atoms with Crippen molar-refractivity contribution in [1.29, 1.82) is 0 Å². The van der Waals surface area contributed by atoms with E-state index < -0.39 is 0 Å². The maximum Gasteiger partial charge on any atom is 0.119 e. The monoisotopic (exact) mass is 424 g/mol. The zero-order chi connectivity index (χ0) is 21.8. The van der Waals surface area contributed by atoms with E-state index in [1.807, 2.05) is 0 Å². The standard InChI is InChI=1S/C29H32N2O/c1-32-28-15-14-26-20-23(12-13-27(26)21-28)22-30-16-18-31(19-17-30)29(24-8-4-2-5-9-24)25-10-6-3-7-11-25/h2-11,14-15,20-21,29H,12-13,16-19,22H2,1H3. The Morgan fingerprint density at radius 3 is 2.06 bits per heavy atom. The van der Waals surface area contributed by atoms with Crippen LogP contribution in [-0.2, 0) is 6.42 Å². The van der Waals surface area contributed by atoms with Crippen molar-refractivity contribution < 1.29 is 4.74 Å². The Morgan fingerprint density at radius 2 is 1.44 bits per heavy atom. The largest absolute Gasteiger partial charge is 0.497 e. The molecule has 0 spiro atoms. The van der Waals surface area contributed by atoms with Gasteiger partial charge in [0.05, 0.1) is 13.2 Å². The van der Waals surface area contributed by atoms with Gasteiger partial charge < -0.3 is 4.74 Å². The summed E-state index contributed by atoms with van der Waals surface area (Å²) in [6.45, 7) is 5.50. The predicted molar refractivity (Wildman–Crippen MR) is 132 cm³/mol. The minimum Gasteiger partial charge on any atom is -0.497 e. The van der Waals surface area contributed by atoms with Gasteiger partial charge >= 0.3 is 0 Å². The van der Waals surface area contributed by atoms with Crippen LogP contribution in [-0.4, -0.2) is 49.6 Å². The zero-order valence-electron chi connectivity index (χ0n) is 18.9. The Morgan fingerprint density at radius 1 is 0.781 bits per heavy atom. The summed E-state index contributed by atoms with van der Waals surface area (Å²) in [6.07, 6.45) is 4.67. The van der Waals surface area contributed by atoms with Gasteiger partial charge in [0, 0.05) is 32.7 Å². The van der Waals surface area contributed by atoms with Gasteiger partial charge in [-0.2, -0.15) is 0 Å². The van der Waals surface area contributed by atoms with Crippen LogP contribution in [0.2, 0.25) is 0 Å². The molecule has 3 aromatic rings. The zero-order valence-corrected chi connectivity index (χ0v) is 18.9. The fraction of sp³-hybridized carbons (Fsp3) is 0.310. The van der Waals surface area contributed by atoms with E-state index in [2.05, 4.69) is 94.7 Å². The quantitative estimate of drug-likeness (QED) is 0.525. The number of piperazine rings is 1. The summed E-state index contributed by atoms with van der Waals surface area (Å²) in [5.74, 6) is 0.961. The van der Waals surface area contributed by atoms with Crippen LogP contribution in [0, 0.1) is 0 Å². The molecule has 164 valence electrons. The van der Waals surface area contributed by atoms with Gasteiger partial charge in [0.2, 0.25) is 0 Å². The molecule has 1 saturated heterocycles. The molecule has 3 nitrogen and oxygen atoms in total. The van der Waals surface area contributed by atoms with E-state index >= 15 is 0 Å². The van der Waals surface area contributed by atoms with Crippen molar-refractivity contribution >= 4 is 6.08 Å². The van der Waals surface area contributed by atoms with E-state index in [0.717, 1.165) is 51.3 Å². The molecule has 2 aliphatic rings. The molecule has 3 heteroatoms. The summed E-state index contributed by atoms with van der Waals surface area (Å²) in [7, 11) is 1.74. The van der Waals surface area contributed by atoms with Gasteiger partial charge in [0.15, 0.2) is 0 Å². The van der Waals surface area contributed by atoms with Gasteiger partial charge in [-0.3, -0.25) is 9.80 Å². The summed E-state index contributed by atoms with van der Waals surface area (Å²) in [5.41, 5.74) is 7.09. The van der Waals surface area contributed by atoms with Gasteiger partial charge in [-0.1, -0.05) is 78.4 Å². The Kier molecular flexibility index (Phi) is 6.38. The number of hydrogen-bond acceptors (Lipinski definition) is 3. The van der Waals surface area contributed by atoms with Crippen molar-refractivity contribution in [1.82, 2.24) is 9.80 Å². The maximum atomic E-state index is 5.39. The van der Waals surface area contributed by atoms with E-state index in [0.29, 0.717) is 6.04 Å². The average Bonchev–Trinajstić information content (AvgIpc) is 2.86. The van der Waals surface area contributed by atoms with Gasteiger partial charge in [0.1, 0.15) is 5.75 Å². The molecule has 0 radical (unpaired) electrons. The highest BCUT2D eigenvalue weighted by molar-refractivity contribution is 5.61. The van der Waals surface area contributed by atoms with E-state index in [1.165, 1.54) is 22.3 Å². The molecule has 0 saturated carbocycles. The van der Waals surface area contributed by atoms with E-state index in [4.69, 9.17) is 4.74 Å². The molecular formula is C29H32N2O. The predicted octanol–water partition coefficient (Wildman–Crippen LogP) is 5.43. The third-order valence-corrected chi connectivity index (χ3v) is 6.85. The highest BCUT2D eigenvalue weighted by atomic mass is 16.5. The van der Waals surface area contributed by atoms with E-state index in [1.54, 1.807) is 12.7 Å². The Labute approximate surface area is 191 Å². The van der Waals surface area contributed by atoms with Gasteiger partial charge in [0.25, 0.3) is 0 Å². The second kappa shape index (κ2) is 9.72. The van der Waals surface area contributed by atoms with E-state index in [-0.39, 0.29) is 0 Å². The van der Waals surface area contributed by atoms with Crippen molar-refractivity contribution in [2.24, 2.45) is 0 Å². The van der Waals surface area contributed by atoms with Crippen molar-refractivity contribution in [3.63, 3.8) is 0 Å². The number of benzene rings is 3. The Hall–Kier alpha value is -2.88. The van der Waals surface area contributed by atoms with Crippen LogP contribution in [0.25, 0.3) is 6.08 Å². The van der Waals surface area contributed by atoms with Gasteiger partial charge in [-0.15, -0.1) is 0 Å². The number of hydrogen-bond donors (Lipinski definition) is 0. The Bertz CT molecular complexity index is 1010. The molecule has 0 bridgehead atoms. The number of ether oxygens (including phenoxy) is 1. The summed E-state index contributed by atoms with van der Waals surface area (Å²) in [6, 6.07) is 28.7. The van der Waals surface area contributed by atoms with E-state index in [9.17, 15) is 0 Å². The van der Waals surface area contributed by atoms with Crippen LogP contribution in [0.4, 0.5) is 0 Å². The summed E-state index contributed by atoms with van der Waals surface area (Å²) in [5, 5.41) is 0. The lowest BCUT2D eigenvalue weighted by molar-refractivity contribution is 0.115. The minimum absolute atomic E-state index is 0.329. The van der Waals surface area contributed by atoms with Crippen molar-refractivity contribution in [2.45, 2.75) is 18.9 Å². The molecule has 1 fully saturated rings. The summed E-state index contributed by atoms with van der Waals surface area (Å²) in [4.78, 5) is 5.28. The molecule has 3 aromatic carbocycles. The molecule has 0 amide bonds. The number of methoxy groups -OCH3 is 1. The van der Waals surface area contributed by atoms with Crippen molar-refractivity contribution in [2.75, 3.05) is 39.8 Å². The molecule has 32 heavy (non-hydrogen) atoms. The van der Waals surface area contributed by atoms with Gasteiger partial charge in [-0.25, -0.2) is 0 Å². The molecule has 0 unspecified atom stereocenters. The first-order valence-electron chi connectivity index (χ1n) is 11.7. The third-order valence-electron chi connectivity index (χ3n) is 6.85. The molecule has 5 rings (SSSR count). The van der Waals surface area contributed by atoms with Crippen LogP contribution in [0.5, 0.6) is 5.75 Å². The summed E-state index contributed by atoms with van der Waals surface area (Å²) >= 11 is 0. The first-order chi connectivity index (χ1) is 15.8. The smallest absolute Gasteiger partial charge is 0.119 e. The van der Waals surface area contributed by atoms with Crippen LogP contribution in [0.15, 0.2) is 84.4 Å². The third kappa shape index (κ3) is 4.64. The van der Waals surface area contributed by atoms with Crippen molar-refractivity contribution in [3.05, 3.63) is 107 Å². The summed E-state index contributed by atoms with van der Waals surface area (Å²) < 4.78 is 5.39. The van der Waals surface area contributed by atoms with Crippen LogP contribution < -0.4 is 4.74 Å². The molecule has 0 aromatic heterocycles. The average molecular weight is 425 g/mol.